The van der Waals surface area contributed by atoms with Crippen LogP contribution in [0.1, 0.15) is 6.42 Å². The van der Waals surface area contributed by atoms with Crippen LogP contribution in [0, 0.1) is 0 Å². The van der Waals surface area contributed by atoms with Gasteiger partial charge in [0.25, 0.3) is 0 Å². The molecule has 6 heteroatoms. The van der Waals surface area contributed by atoms with Gasteiger partial charge in [0.15, 0.2) is 11.5 Å². The third-order valence-electron chi connectivity index (χ3n) is 3.40. The smallest absolute Gasteiger partial charge is 0.163 e. The first kappa shape index (κ1) is 12.4. The Balaban J connectivity index is 1.73. The number of rotatable bonds is 3. The molecule has 3 rings (SSSR count). The van der Waals surface area contributed by atoms with Gasteiger partial charge in [0.2, 0.25) is 0 Å². The number of hydrogen-bond acceptors (Lipinski definition) is 6. The minimum Gasteiger partial charge on any atom is -0.486 e. The van der Waals surface area contributed by atoms with Crippen molar-refractivity contribution in [1.29, 1.82) is 0 Å². The van der Waals surface area contributed by atoms with Crippen molar-refractivity contribution >= 4 is 11.4 Å². The van der Waals surface area contributed by atoms with E-state index in [0.717, 1.165) is 5.69 Å². The zero-order valence-corrected chi connectivity index (χ0v) is 10.6. The average molecular weight is 266 g/mol. The first-order valence-electron chi connectivity index (χ1n) is 6.39. The van der Waals surface area contributed by atoms with E-state index in [4.69, 9.17) is 19.9 Å². The van der Waals surface area contributed by atoms with Crippen LogP contribution in [0.25, 0.3) is 0 Å². The SMILES string of the molecule is Nc1cc2c(cc1NCC1(O)CCOC1)OCCO2. The Morgan fingerprint density at radius 2 is 1.95 bits per heavy atom. The fraction of sp³-hybridized carbons (Fsp3) is 0.538. The van der Waals surface area contributed by atoms with Crippen molar-refractivity contribution in [2.75, 3.05) is 44.0 Å². The molecule has 1 aromatic rings. The molecule has 0 aliphatic carbocycles. The number of anilines is 2. The molecule has 104 valence electrons. The second kappa shape index (κ2) is 4.79. The van der Waals surface area contributed by atoms with E-state index in [1.165, 1.54) is 0 Å². The van der Waals surface area contributed by atoms with Crippen LogP contribution in [0.4, 0.5) is 11.4 Å². The summed E-state index contributed by atoms with van der Waals surface area (Å²) < 4.78 is 16.2. The molecule has 19 heavy (non-hydrogen) atoms. The fourth-order valence-electron chi connectivity index (χ4n) is 2.25. The van der Waals surface area contributed by atoms with Gasteiger partial charge in [-0.1, -0.05) is 0 Å². The molecule has 1 fully saturated rings. The number of hydrogen-bond donors (Lipinski definition) is 3. The lowest BCUT2D eigenvalue weighted by atomic mass is 10.0. The number of ether oxygens (including phenoxy) is 3. The standard InChI is InChI=1S/C13H18N2O4/c14-9-5-11-12(19-4-3-18-11)6-10(9)15-7-13(16)1-2-17-8-13/h5-6,15-16H,1-4,7-8,14H2. The van der Waals surface area contributed by atoms with Gasteiger partial charge in [-0.2, -0.15) is 0 Å². The quantitative estimate of drug-likeness (QED) is 0.695. The molecule has 2 heterocycles. The summed E-state index contributed by atoms with van der Waals surface area (Å²) in [7, 11) is 0. The summed E-state index contributed by atoms with van der Waals surface area (Å²) in [5.41, 5.74) is 6.46. The van der Waals surface area contributed by atoms with Gasteiger partial charge in [-0.25, -0.2) is 0 Å². The van der Waals surface area contributed by atoms with Crippen molar-refractivity contribution in [1.82, 2.24) is 0 Å². The second-order valence-corrected chi connectivity index (χ2v) is 4.96. The van der Waals surface area contributed by atoms with Gasteiger partial charge in [-0.15, -0.1) is 0 Å². The average Bonchev–Trinajstić information content (AvgIpc) is 2.84. The largest absolute Gasteiger partial charge is 0.486 e. The molecular formula is C13H18N2O4. The van der Waals surface area contributed by atoms with Crippen LogP contribution >= 0.6 is 0 Å². The van der Waals surface area contributed by atoms with E-state index in [2.05, 4.69) is 5.32 Å². The molecule has 4 N–H and O–H groups in total. The minimum atomic E-state index is -0.820. The highest BCUT2D eigenvalue weighted by atomic mass is 16.6. The summed E-state index contributed by atoms with van der Waals surface area (Å²) in [5.74, 6) is 1.34. The van der Waals surface area contributed by atoms with E-state index < -0.39 is 5.60 Å². The number of nitrogen functional groups attached to an aromatic ring is 1. The Bertz CT molecular complexity index is 472. The van der Waals surface area contributed by atoms with E-state index >= 15 is 0 Å². The zero-order chi connectivity index (χ0) is 13.3. The van der Waals surface area contributed by atoms with Crippen molar-refractivity contribution in [3.63, 3.8) is 0 Å². The van der Waals surface area contributed by atoms with Crippen molar-refractivity contribution in [2.24, 2.45) is 0 Å². The summed E-state index contributed by atoms with van der Waals surface area (Å²) in [4.78, 5) is 0. The molecule has 0 radical (unpaired) electrons. The molecule has 0 amide bonds. The normalized spacial score (nSPS) is 25.3. The monoisotopic (exact) mass is 266 g/mol. The van der Waals surface area contributed by atoms with Crippen molar-refractivity contribution in [3.8, 4) is 11.5 Å². The Morgan fingerprint density at radius 1 is 1.21 bits per heavy atom. The molecular weight excluding hydrogens is 248 g/mol. The van der Waals surface area contributed by atoms with Gasteiger partial charge in [-0.3, -0.25) is 0 Å². The first-order valence-corrected chi connectivity index (χ1v) is 6.39. The lowest BCUT2D eigenvalue weighted by Crippen LogP contribution is -2.37. The Morgan fingerprint density at radius 3 is 2.63 bits per heavy atom. The Labute approximate surface area is 111 Å². The van der Waals surface area contributed by atoms with Gasteiger partial charge in [0, 0.05) is 31.7 Å². The molecule has 0 bridgehead atoms. The lowest BCUT2D eigenvalue weighted by molar-refractivity contribution is 0.0382. The van der Waals surface area contributed by atoms with Crippen molar-refractivity contribution in [2.45, 2.75) is 12.0 Å². The molecule has 1 unspecified atom stereocenters. The molecule has 6 nitrogen and oxygen atoms in total. The number of nitrogens with one attached hydrogen (secondary N) is 1. The van der Waals surface area contributed by atoms with Gasteiger partial charge in [0.1, 0.15) is 18.8 Å². The molecule has 1 atom stereocenters. The maximum atomic E-state index is 10.2. The first-order chi connectivity index (χ1) is 9.16. The van der Waals surface area contributed by atoms with Crippen LogP contribution < -0.4 is 20.5 Å². The Kier molecular flexibility index (Phi) is 3.12. The van der Waals surface area contributed by atoms with Crippen LogP contribution in [0.15, 0.2) is 12.1 Å². The van der Waals surface area contributed by atoms with Crippen LogP contribution in [0.3, 0.4) is 0 Å². The minimum absolute atomic E-state index is 0.352. The predicted molar refractivity (Wildman–Crippen MR) is 70.7 cm³/mol. The highest BCUT2D eigenvalue weighted by Gasteiger charge is 2.32. The topological polar surface area (TPSA) is 86.0 Å². The van der Waals surface area contributed by atoms with Crippen molar-refractivity contribution < 1.29 is 19.3 Å². The summed E-state index contributed by atoms with van der Waals surface area (Å²) in [6, 6.07) is 3.55. The predicted octanol–water partition coefficient (Wildman–Crippen LogP) is 0.603. The molecule has 1 saturated heterocycles. The fourth-order valence-corrected chi connectivity index (χ4v) is 2.25. The summed E-state index contributed by atoms with van der Waals surface area (Å²) in [6.07, 6.45) is 0.629. The third-order valence-corrected chi connectivity index (χ3v) is 3.40. The summed E-state index contributed by atoms with van der Waals surface area (Å²) in [6.45, 7) is 2.42. The number of aliphatic hydroxyl groups is 1. The van der Waals surface area contributed by atoms with Crippen LogP contribution in [0.2, 0.25) is 0 Å². The van der Waals surface area contributed by atoms with E-state index in [1.54, 1.807) is 6.07 Å². The zero-order valence-electron chi connectivity index (χ0n) is 10.6. The van der Waals surface area contributed by atoms with Gasteiger partial charge in [0.05, 0.1) is 18.0 Å². The second-order valence-electron chi connectivity index (χ2n) is 4.96. The van der Waals surface area contributed by atoms with E-state index in [0.29, 0.717) is 56.6 Å². The van der Waals surface area contributed by atoms with E-state index in [9.17, 15) is 5.11 Å². The molecule has 0 spiro atoms. The number of benzene rings is 1. The highest BCUT2D eigenvalue weighted by Crippen LogP contribution is 2.37. The van der Waals surface area contributed by atoms with E-state index in [-0.39, 0.29) is 0 Å². The maximum absolute atomic E-state index is 10.2. The number of nitrogens with two attached hydrogens (primary N) is 1. The molecule has 1 aromatic carbocycles. The molecule has 2 aliphatic rings. The molecule has 2 aliphatic heterocycles. The van der Waals surface area contributed by atoms with Crippen LogP contribution in [-0.2, 0) is 4.74 Å². The highest BCUT2D eigenvalue weighted by molar-refractivity contribution is 5.72. The summed E-state index contributed by atoms with van der Waals surface area (Å²) >= 11 is 0. The van der Waals surface area contributed by atoms with Gasteiger partial charge in [-0.05, 0) is 0 Å². The van der Waals surface area contributed by atoms with E-state index in [1.807, 2.05) is 6.07 Å². The van der Waals surface area contributed by atoms with Crippen molar-refractivity contribution in [3.05, 3.63) is 12.1 Å². The van der Waals surface area contributed by atoms with Crippen LogP contribution in [-0.4, -0.2) is 43.7 Å². The molecule has 0 aromatic heterocycles. The third kappa shape index (κ3) is 2.54. The molecule has 0 saturated carbocycles. The lowest BCUT2D eigenvalue weighted by Gasteiger charge is -2.24. The van der Waals surface area contributed by atoms with Crippen LogP contribution in [0.5, 0.6) is 11.5 Å². The number of fused-ring (bicyclic) bond motifs is 1. The maximum Gasteiger partial charge on any atom is 0.163 e. The Hall–Kier alpha value is -1.66. The van der Waals surface area contributed by atoms with Gasteiger partial charge < -0.3 is 30.4 Å². The summed E-state index contributed by atoms with van der Waals surface area (Å²) in [5, 5.41) is 13.4. The van der Waals surface area contributed by atoms with Gasteiger partial charge >= 0.3 is 0 Å².